The number of thioether (sulfide) groups is 1. The summed E-state index contributed by atoms with van der Waals surface area (Å²) < 4.78 is 42.7. The topological polar surface area (TPSA) is 84.6 Å². The average Bonchev–Trinajstić information content (AvgIpc) is 3.40. The number of anilines is 1. The summed E-state index contributed by atoms with van der Waals surface area (Å²) in [6, 6.07) is 19.5. The first-order valence-corrected chi connectivity index (χ1v) is 15.3. The number of benzene rings is 3. The number of carbonyl (C=O) groups excluding carboxylic acids is 1. The molecular weight excluding hydrogens is 610 g/mol. The van der Waals surface area contributed by atoms with Gasteiger partial charge < -0.3 is 10.1 Å². The molecule has 8 nitrogen and oxygen atoms in total. The Hall–Kier alpha value is -4.23. The molecule has 0 bridgehead atoms. The fraction of sp³-hybridized carbons (Fsp3) is 0.258. The predicted molar refractivity (Wildman–Crippen MR) is 168 cm³/mol. The van der Waals surface area contributed by atoms with Gasteiger partial charge in [-0.25, -0.2) is 9.67 Å². The van der Waals surface area contributed by atoms with Crippen molar-refractivity contribution in [2.45, 2.75) is 45.0 Å². The Bertz CT molecular complexity index is 1740. The first-order valence-electron chi connectivity index (χ1n) is 13.9. The molecule has 1 amide bonds. The second-order valence-electron chi connectivity index (χ2n) is 10.4. The fourth-order valence-corrected chi connectivity index (χ4v) is 6.35. The molecule has 226 valence electrons. The Labute approximate surface area is 261 Å². The predicted octanol–water partition coefficient (Wildman–Crippen LogP) is 6.57. The summed E-state index contributed by atoms with van der Waals surface area (Å²) >= 11 is 6.97. The van der Waals surface area contributed by atoms with E-state index in [0.29, 0.717) is 27.5 Å². The average molecular weight is 637 g/mol. The normalized spacial score (nSPS) is 19.0. The van der Waals surface area contributed by atoms with Crippen molar-refractivity contribution >= 4 is 45.9 Å². The zero-order valence-corrected chi connectivity index (χ0v) is 25.3. The number of ether oxygens (including phenoxy) is 1. The number of amides is 1. The quantitative estimate of drug-likeness (QED) is 0.230. The molecular formula is C31H27F3N6O2S2. The number of aliphatic imine (C=N–C) groups is 1. The standard InChI is InChI=1S/C31H27F3N6O2S2/c1-3-19-6-4-5-18(2)27(19)40-26(41)16-44-30(40)37-29(43)36-25-15-24(25)20-7-9-21(10-8-20)28-35-17-39(38-28)22-11-13-23(14-12-22)42-31(32,33)34/h4-14,17,24-25H,3,15-16H2,1-2H3,(H,36,43)/b37-30-. The number of hydrogen-bond donors (Lipinski definition) is 1. The maximum atomic E-state index is 12.8. The highest BCUT2D eigenvalue weighted by molar-refractivity contribution is 8.15. The first kappa shape index (κ1) is 29.8. The molecule has 3 aromatic carbocycles. The van der Waals surface area contributed by atoms with Crippen LogP contribution in [0.3, 0.4) is 0 Å². The highest BCUT2D eigenvalue weighted by atomic mass is 32.2. The van der Waals surface area contributed by atoms with Crippen LogP contribution in [0.4, 0.5) is 18.9 Å². The maximum absolute atomic E-state index is 12.8. The molecule has 1 aliphatic carbocycles. The van der Waals surface area contributed by atoms with E-state index in [9.17, 15) is 18.0 Å². The molecule has 0 spiro atoms. The monoisotopic (exact) mass is 636 g/mol. The van der Waals surface area contributed by atoms with Crippen molar-refractivity contribution in [3.05, 3.63) is 89.7 Å². The molecule has 1 aromatic heterocycles. The second kappa shape index (κ2) is 12.0. The molecule has 6 rings (SSSR count). The number of rotatable bonds is 7. The van der Waals surface area contributed by atoms with Crippen LogP contribution in [0.15, 0.2) is 78.0 Å². The lowest BCUT2D eigenvalue weighted by Crippen LogP contribution is -2.33. The molecule has 0 radical (unpaired) electrons. The summed E-state index contributed by atoms with van der Waals surface area (Å²) in [5, 5.41) is 8.75. The number of alkyl halides is 3. The van der Waals surface area contributed by atoms with Crippen molar-refractivity contribution in [2.75, 3.05) is 10.7 Å². The Morgan fingerprint density at radius 3 is 2.59 bits per heavy atom. The number of aromatic nitrogens is 3. The van der Waals surface area contributed by atoms with Gasteiger partial charge in [-0.1, -0.05) is 61.2 Å². The highest BCUT2D eigenvalue weighted by Gasteiger charge is 2.39. The van der Waals surface area contributed by atoms with Crippen LogP contribution in [0.25, 0.3) is 17.1 Å². The molecule has 2 unspecified atom stereocenters. The lowest BCUT2D eigenvalue weighted by atomic mass is 10.0. The van der Waals surface area contributed by atoms with Gasteiger partial charge in [0.05, 0.1) is 17.1 Å². The summed E-state index contributed by atoms with van der Waals surface area (Å²) in [5.41, 5.74) is 5.50. The molecule has 1 saturated heterocycles. The summed E-state index contributed by atoms with van der Waals surface area (Å²) in [6.45, 7) is 4.07. The minimum absolute atomic E-state index is 0.00213. The molecule has 1 aliphatic heterocycles. The van der Waals surface area contributed by atoms with Gasteiger partial charge in [-0.05, 0) is 72.9 Å². The number of thiocarbonyl (C=S) groups is 1. The molecule has 44 heavy (non-hydrogen) atoms. The number of nitrogens with one attached hydrogen (secondary N) is 1. The lowest BCUT2D eigenvalue weighted by Gasteiger charge is -2.22. The van der Waals surface area contributed by atoms with E-state index < -0.39 is 6.36 Å². The van der Waals surface area contributed by atoms with E-state index in [4.69, 9.17) is 12.2 Å². The van der Waals surface area contributed by atoms with E-state index in [1.54, 1.807) is 4.90 Å². The number of hydrogen-bond acceptors (Lipinski definition) is 6. The van der Waals surface area contributed by atoms with E-state index in [1.165, 1.54) is 47.0 Å². The smallest absolute Gasteiger partial charge is 0.406 e. The maximum Gasteiger partial charge on any atom is 0.573 e. The molecule has 2 fully saturated rings. The lowest BCUT2D eigenvalue weighted by molar-refractivity contribution is -0.274. The molecule has 2 atom stereocenters. The van der Waals surface area contributed by atoms with Gasteiger partial charge in [0.2, 0.25) is 5.91 Å². The van der Waals surface area contributed by atoms with Crippen molar-refractivity contribution in [2.24, 2.45) is 4.99 Å². The third-order valence-corrected chi connectivity index (χ3v) is 8.54. The minimum Gasteiger partial charge on any atom is -0.406 e. The highest BCUT2D eigenvalue weighted by Crippen LogP contribution is 2.41. The van der Waals surface area contributed by atoms with Crippen LogP contribution in [0, 0.1) is 6.92 Å². The fourth-order valence-electron chi connectivity index (χ4n) is 5.19. The van der Waals surface area contributed by atoms with Crippen LogP contribution in [-0.2, 0) is 11.2 Å². The van der Waals surface area contributed by atoms with Gasteiger partial charge in [-0.3, -0.25) is 9.69 Å². The van der Waals surface area contributed by atoms with E-state index in [0.717, 1.165) is 40.8 Å². The Morgan fingerprint density at radius 1 is 1.14 bits per heavy atom. The number of amidine groups is 1. The summed E-state index contributed by atoms with van der Waals surface area (Å²) in [6.07, 6.45) is -1.53. The minimum atomic E-state index is -4.75. The van der Waals surface area contributed by atoms with E-state index in [-0.39, 0.29) is 23.6 Å². The zero-order valence-electron chi connectivity index (χ0n) is 23.7. The Balaban J connectivity index is 1.08. The SMILES string of the molecule is CCc1cccc(C)c1N1C(=O)CS/C1=N\C(=S)NC1CC1c1ccc(-c2ncn(-c3ccc(OC(F)(F)F)cc3)n2)cc1. The van der Waals surface area contributed by atoms with Crippen LogP contribution in [0.2, 0.25) is 0 Å². The van der Waals surface area contributed by atoms with Gasteiger partial charge in [-0.2, -0.15) is 4.99 Å². The summed E-state index contributed by atoms with van der Waals surface area (Å²) in [5.74, 6) is 0.774. The molecule has 1 N–H and O–H groups in total. The van der Waals surface area contributed by atoms with Gasteiger partial charge in [0.25, 0.3) is 0 Å². The van der Waals surface area contributed by atoms with E-state index >= 15 is 0 Å². The van der Waals surface area contributed by atoms with Gasteiger partial charge in [0.15, 0.2) is 16.1 Å². The van der Waals surface area contributed by atoms with E-state index in [2.05, 4.69) is 32.1 Å². The Morgan fingerprint density at radius 2 is 1.89 bits per heavy atom. The van der Waals surface area contributed by atoms with Crippen molar-refractivity contribution in [3.8, 4) is 22.8 Å². The number of carbonyl (C=O) groups is 1. The van der Waals surface area contributed by atoms with Crippen molar-refractivity contribution in [3.63, 3.8) is 0 Å². The van der Waals surface area contributed by atoms with Crippen molar-refractivity contribution in [1.29, 1.82) is 0 Å². The van der Waals surface area contributed by atoms with Crippen LogP contribution < -0.4 is 15.0 Å². The number of nitrogens with zero attached hydrogens (tertiary/aromatic N) is 5. The van der Waals surface area contributed by atoms with Crippen molar-refractivity contribution in [1.82, 2.24) is 20.1 Å². The van der Waals surface area contributed by atoms with Crippen LogP contribution in [-0.4, -0.2) is 49.1 Å². The van der Waals surface area contributed by atoms with Gasteiger partial charge in [0, 0.05) is 17.5 Å². The van der Waals surface area contributed by atoms with Crippen LogP contribution >= 0.6 is 24.0 Å². The molecule has 2 heterocycles. The molecule has 4 aromatic rings. The van der Waals surface area contributed by atoms with Gasteiger partial charge in [0.1, 0.15) is 12.1 Å². The molecule has 1 saturated carbocycles. The Kier molecular flexibility index (Phi) is 8.16. The van der Waals surface area contributed by atoms with E-state index in [1.807, 2.05) is 49.4 Å². The first-order chi connectivity index (χ1) is 21.1. The largest absolute Gasteiger partial charge is 0.573 e. The zero-order chi connectivity index (χ0) is 31.0. The van der Waals surface area contributed by atoms with Gasteiger partial charge >= 0.3 is 6.36 Å². The second-order valence-corrected chi connectivity index (χ2v) is 11.8. The third kappa shape index (κ3) is 6.48. The van der Waals surface area contributed by atoms with Crippen molar-refractivity contribution < 1.29 is 22.7 Å². The van der Waals surface area contributed by atoms with Crippen LogP contribution in [0.1, 0.15) is 36.0 Å². The number of halogens is 3. The third-order valence-electron chi connectivity index (χ3n) is 7.41. The van der Waals surface area contributed by atoms with Crippen LogP contribution in [0.5, 0.6) is 5.75 Å². The summed E-state index contributed by atoms with van der Waals surface area (Å²) in [4.78, 5) is 23.5. The molecule has 2 aliphatic rings. The number of aryl methyl sites for hydroxylation is 2. The summed E-state index contributed by atoms with van der Waals surface area (Å²) in [7, 11) is 0. The molecule has 13 heteroatoms. The number of para-hydroxylation sites is 1. The van der Waals surface area contributed by atoms with Gasteiger partial charge in [-0.15, -0.1) is 18.3 Å².